The number of benzene rings is 6. The molecule has 0 heterocycles. The summed E-state index contributed by atoms with van der Waals surface area (Å²) in [5.41, 5.74) is -4.30. The van der Waals surface area contributed by atoms with Crippen LogP contribution in [0.4, 0.5) is 50.8 Å². The zero-order valence-electron chi connectivity index (χ0n) is 29.0. The van der Waals surface area contributed by atoms with Crippen LogP contribution in [0, 0.1) is 0 Å². The number of carbonyl (C=O) groups is 1. The lowest BCUT2D eigenvalue weighted by atomic mass is 10.0. The second-order valence-electron chi connectivity index (χ2n) is 12.5. The van der Waals surface area contributed by atoms with Gasteiger partial charge in [0.15, 0.2) is 0 Å². The van der Waals surface area contributed by atoms with Crippen molar-refractivity contribution >= 4 is 34.4 Å². The molecule has 0 aliphatic rings. The molecule has 0 atom stereocenters. The normalized spacial score (nSPS) is 10.8. The standard InChI is InChI=1S/C42H36F5N5O2/c43-48(26-31-16-6-1-7-17-31)37-36(42(53)54)38(49(44)27-32-18-8-2-9-19-32)40(51(46)29-34-22-12-4-13-23-34)41(52(47)30-35-24-14-5-15-25-35)39(37)50(45)28-33-20-10-3-11-21-33/h1-25H,26-30H2,(H,53,54). The molecule has 12 heteroatoms. The van der Waals surface area contributed by atoms with Crippen LogP contribution in [-0.4, -0.2) is 11.1 Å². The first-order valence-corrected chi connectivity index (χ1v) is 17.0. The zero-order chi connectivity index (χ0) is 38.0. The maximum absolute atomic E-state index is 17.2. The number of aromatic carboxylic acids is 1. The van der Waals surface area contributed by atoms with Crippen molar-refractivity contribution in [2.75, 3.05) is 25.6 Å². The van der Waals surface area contributed by atoms with Gasteiger partial charge in [0.2, 0.25) is 0 Å². The Morgan fingerprint density at radius 1 is 0.352 bits per heavy atom. The highest BCUT2D eigenvalue weighted by molar-refractivity contribution is 6.13. The molecular formula is C42H36F5N5O2. The lowest BCUT2D eigenvalue weighted by Crippen LogP contribution is -2.29. The van der Waals surface area contributed by atoms with Crippen LogP contribution in [0.5, 0.6) is 0 Å². The Bertz CT molecular complexity index is 2000. The molecule has 0 unspecified atom stereocenters. The van der Waals surface area contributed by atoms with Gasteiger partial charge >= 0.3 is 5.97 Å². The van der Waals surface area contributed by atoms with E-state index in [4.69, 9.17) is 0 Å². The third-order valence-corrected chi connectivity index (χ3v) is 8.62. The molecule has 0 saturated carbocycles. The SMILES string of the molecule is O=C(O)c1c(N(F)Cc2ccccc2)c(N(F)Cc2ccccc2)c(N(F)Cc2ccccc2)c(N(F)Cc2ccccc2)c1N(F)Cc1ccccc1. The molecule has 0 fully saturated rings. The summed E-state index contributed by atoms with van der Waals surface area (Å²) in [5.74, 6) is -1.91. The third kappa shape index (κ3) is 8.72. The molecule has 6 aromatic carbocycles. The van der Waals surface area contributed by atoms with Gasteiger partial charge in [-0.1, -0.05) is 174 Å². The van der Waals surface area contributed by atoms with E-state index in [2.05, 4.69) is 0 Å². The molecule has 0 aliphatic carbocycles. The number of hydrogen-bond acceptors (Lipinski definition) is 6. The molecule has 6 aromatic rings. The molecule has 6 rings (SSSR count). The van der Waals surface area contributed by atoms with Gasteiger partial charge in [-0.2, -0.15) is 0 Å². The van der Waals surface area contributed by atoms with E-state index in [-0.39, 0.29) is 25.6 Å². The summed E-state index contributed by atoms with van der Waals surface area (Å²) in [5, 5.41) is 10.6. The number of carboxylic acid groups (broad SMARTS) is 1. The van der Waals surface area contributed by atoms with Crippen LogP contribution >= 0.6 is 0 Å². The maximum Gasteiger partial charge on any atom is 0.340 e. The van der Waals surface area contributed by atoms with Crippen molar-refractivity contribution in [3.63, 3.8) is 0 Å². The molecular weight excluding hydrogens is 701 g/mol. The largest absolute Gasteiger partial charge is 0.478 e. The minimum atomic E-state index is -1.91. The molecule has 0 spiro atoms. The number of hydrogen-bond donors (Lipinski definition) is 1. The lowest BCUT2D eigenvalue weighted by molar-refractivity contribution is 0.0696. The van der Waals surface area contributed by atoms with Crippen molar-refractivity contribution in [3.05, 3.63) is 185 Å². The van der Waals surface area contributed by atoms with Crippen LogP contribution in [-0.2, 0) is 32.7 Å². The first kappa shape index (κ1) is 37.2. The highest BCUT2D eigenvalue weighted by atomic mass is 19.2. The minimum Gasteiger partial charge on any atom is -0.478 e. The number of halogens is 5. The number of anilines is 5. The van der Waals surface area contributed by atoms with Crippen LogP contribution < -0.4 is 25.6 Å². The first-order chi connectivity index (χ1) is 26.2. The molecule has 0 aromatic heterocycles. The monoisotopic (exact) mass is 737 g/mol. The molecule has 0 amide bonds. The van der Waals surface area contributed by atoms with Crippen molar-refractivity contribution < 1.29 is 32.3 Å². The maximum atomic E-state index is 17.2. The van der Waals surface area contributed by atoms with Gasteiger partial charge in [-0.3, -0.25) is 0 Å². The van der Waals surface area contributed by atoms with Crippen molar-refractivity contribution in [2.45, 2.75) is 32.7 Å². The molecule has 1 N–H and O–H groups in total. The van der Waals surface area contributed by atoms with Gasteiger partial charge in [0, 0.05) is 0 Å². The van der Waals surface area contributed by atoms with Crippen molar-refractivity contribution in [1.82, 2.24) is 0 Å². The minimum absolute atomic E-state index is 0.0134. The summed E-state index contributed by atoms with van der Waals surface area (Å²) in [6, 6.07) is 40.3. The fourth-order valence-electron chi connectivity index (χ4n) is 6.16. The second kappa shape index (κ2) is 17.3. The summed E-state index contributed by atoms with van der Waals surface area (Å²) >= 11 is 0. The first-order valence-electron chi connectivity index (χ1n) is 17.0. The lowest BCUT2D eigenvalue weighted by Gasteiger charge is -2.34. The van der Waals surface area contributed by atoms with Gasteiger partial charge in [-0.15, -0.1) is 0 Å². The average molecular weight is 738 g/mol. The summed E-state index contributed by atoms with van der Waals surface area (Å²) in [6.45, 7) is -3.19. The summed E-state index contributed by atoms with van der Waals surface area (Å²) in [6.07, 6.45) is 0. The summed E-state index contributed by atoms with van der Waals surface area (Å²) in [7, 11) is 0. The highest BCUT2D eigenvalue weighted by Gasteiger charge is 2.40. The van der Waals surface area contributed by atoms with Crippen molar-refractivity contribution in [1.29, 1.82) is 0 Å². The van der Waals surface area contributed by atoms with E-state index in [9.17, 15) is 9.90 Å². The van der Waals surface area contributed by atoms with Crippen molar-refractivity contribution in [3.8, 4) is 0 Å². The number of nitrogens with zero attached hydrogens (tertiary/aromatic N) is 5. The zero-order valence-corrected chi connectivity index (χ0v) is 29.0. The molecule has 54 heavy (non-hydrogen) atoms. The van der Waals surface area contributed by atoms with Crippen LogP contribution in [0.2, 0.25) is 0 Å². The Kier molecular flexibility index (Phi) is 11.9. The highest BCUT2D eigenvalue weighted by Crippen LogP contribution is 2.56. The van der Waals surface area contributed by atoms with E-state index in [0.717, 1.165) is 0 Å². The van der Waals surface area contributed by atoms with Gasteiger partial charge in [0.05, 0.1) is 32.7 Å². The van der Waals surface area contributed by atoms with E-state index in [1.165, 1.54) is 0 Å². The predicted octanol–water partition coefficient (Wildman–Crippen LogP) is 10.8. The van der Waals surface area contributed by atoms with Crippen LogP contribution in [0.3, 0.4) is 0 Å². The van der Waals surface area contributed by atoms with Crippen LogP contribution in [0.15, 0.2) is 152 Å². The van der Waals surface area contributed by atoms with Crippen LogP contribution in [0.25, 0.3) is 0 Å². The second-order valence-corrected chi connectivity index (χ2v) is 12.5. The predicted molar refractivity (Wildman–Crippen MR) is 202 cm³/mol. The molecule has 0 radical (unpaired) electrons. The Balaban J connectivity index is 1.69. The smallest absolute Gasteiger partial charge is 0.340 e. The van der Waals surface area contributed by atoms with Gasteiger partial charge in [0.25, 0.3) is 0 Å². The van der Waals surface area contributed by atoms with E-state index in [1.54, 1.807) is 152 Å². The average Bonchev–Trinajstić information content (AvgIpc) is 3.18. The molecule has 0 aliphatic heterocycles. The quantitative estimate of drug-likeness (QED) is 0.0784. The fraction of sp³-hybridized carbons (Fsp3) is 0.119. The van der Waals surface area contributed by atoms with E-state index in [0.29, 0.717) is 27.8 Å². The topological polar surface area (TPSA) is 53.5 Å². The molecule has 0 bridgehead atoms. The van der Waals surface area contributed by atoms with Crippen LogP contribution in [0.1, 0.15) is 38.2 Å². The Morgan fingerprint density at radius 2 is 0.537 bits per heavy atom. The third-order valence-electron chi connectivity index (χ3n) is 8.62. The number of carboxylic acids is 1. The van der Waals surface area contributed by atoms with E-state index >= 15 is 22.4 Å². The number of rotatable bonds is 16. The van der Waals surface area contributed by atoms with E-state index < -0.39 is 72.7 Å². The van der Waals surface area contributed by atoms with Crippen molar-refractivity contribution in [2.24, 2.45) is 0 Å². The Hall–Kier alpha value is -6.56. The van der Waals surface area contributed by atoms with Gasteiger partial charge < -0.3 is 5.11 Å². The molecule has 0 saturated heterocycles. The Labute approximate surface area is 309 Å². The Morgan fingerprint density at radius 3 is 0.741 bits per heavy atom. The van der Waals surface area contributed by atoms with Gasteiger partial charge in [0.1, 0.15) is 34.0 Å². The molecule has 276 valence electrons. The summed E-state index contributed by atoms with van der Waals surface area (Å²) in [4.78, 5) is 13.4. The van der Waals surface area contributed by atoms with E-state index in [1.807, 2.05) is 0 Å². The van der Waals surface area contributed by atoms with Gasteiger partial charge in [-0.05, 0) is 27.8 Å². The summed E-state index contributed by atoms with van der Waals surface area (Å²) < 4.78 is 85.5. The fourth-order valence-corrected chi connectivity index (χ4v) is 6.16. The van der Waals surface area contributed by atoms with Gasteiger partial charge in [-0.25, -0.2) is 30.4 Å². The molecule has 7 nitrogen and oxygen atoms in total.